The van der Waals surface area contributed by atoms with E-state index in [2.05, 4.69) is 15.4 Å². The predicted octanol–water partition coefficient (Wildman–Crippen LogP) is 0.327. The molecule has 0 atom stereocenters. The second kappa shape index (κ2) is 6.14. The highest BCUT2D eigenvalue weighted by Crippen LogP contribution is 2.07. The summed E-state index contributed by atoms with van der Waals surface area (Å²) < 4.78 is 1.54. The van der Waals surface area contributed by atoms with E-state index in [4.69, 9.17) is 0 Å². The molecular weight excluding hydrogens is 258 g/mol. The average Bonchev–Trinajstić information content (AvgIpc) is 2.89. The third kappa shape index (κ3) is 2.93. The fourth-order valence-electron chi connectivity index (χ4n) is 1.87. The zero-order chi connectivity index (χ0) is 14.5. The number of hydrogen-bond donors (Lipinski definition) is 1. The Hall–Kier alpha value is -2.44. The molecule has 0 radical (unpaired) electrons. The lowest BCUT2D eigenvalue weighted by molar-refractivity contribution is -0.121. The maximum Gasteiger partial charge on any atom is 0.274 e. The molecule has 0 fully saturated rings. The third-order valence-corrected chi connectivity index (χ3v) is 2.85. The first-order valence-corrected chi connectivity index (χ1v) is 6.46. The Labute approximate surface area is 116 Å². The minimum Gasteiger partial charge on any atom is -0.358 e. The smallest absolute Gasteiger partial charge is 0.274 e. The van der Waals surface area contributed by atoms with Gasteiger partial charge in [0.25, 0.3) is 5.91 Å². The molecule has 1 N–H and O–H groups in total. The number of nitrogens with one attached hydrogen (secondary N) is 1. The standard InChI is InChI=1S/C13H17N5O2/c1-3-6-17(9-12(19)14-2)13(20)10-8-11-15-5-4-7-18(11)16-10/h4-5,7-8H,3,6,9H2,1-2H3,(H,14,19). The van der Waals surface area contributed by atoms with Crippen LogP contribution in [-0.4, -0.2) is 51.4 Å². The summed E-state index contributed by atoms with van der Waals surface area (Å²) in [7, 11) is 1.55. The van der Waals surface area contributed by atoms with Gasteiger partial charge < -0.3 is 10.2 Å². The summed E-state index contributed by atoms with van der Waals surface area (Å²) >= 11 is 0. The van der Waals surface area contributed by atoms with Gasteiger partial charge >= 0.3 is 0 Å². The van der Waals surface area contributed by atoms with Crippen molar-refractivity contribution in [2.45, 2.75) is 13.3 Å². The van der Waals surface area contributed by atoms with Crippen LogP contribution in [0.1, 0.15) is 23.8 Å². The molecule has 0 aliphatic heterocycles. The average molecular weight is 275 g/mol. The lowest BCUT2D eigenvalue weighted by Crippen LogP contribution is -2.40. The summed E-state index contributed by atoms with van der Waals surface area (Å²) in [6, 6.07) is 3.36. The van der Waals surface area contributed by atoms with Crippen molar-refractivity contribution in [1.29, 1.82) is 0 Å². The van der Waals surface area contributed by atoms with Crippen molar-refractivity contribution in [1.82, 2.24) is 24.8 Å². The van der Waals surface area contributed by atoms with Gasteiger partial charge in [-0.3, -0.25) is 9.59 Å². The van der Waals surface area contributed by atoms with Crippen molar-refractivity contribution in [2.24, 2.45) is 0 Å². The maximum absolute atomic E-state index is 12.4. The van der Waals surface area contributed by atoms with Gasteiger partial charge in [0.1, 0.15) is 0 Å². The molecule has 0 aliphatic carbocycles. The Kier molecular flexibility index (Phi) is 4.29. The van der Waals surface area contributed by atoms with Gasteiger partial charge in [0.05, 0.1) is 6.54 Å². The van der Waals surface area contributed by atoms with E-state index >= 15 is 0 Å². The number of rotatable bonds is 5. The number of fused-ring (bicyclic) bond motifs is 1. The highest BCUT2D eigenvalue weighted by Gasteiger charge is 2.20. The Morgan fingerprint density at radius 3 is 2.90 bits per heavy atom. The Morgan fingerprint density at radius 2 is 2.25 bits per heavy atom. The molecule has 2 aromatic heterocycles. The molecule has 2 heterocycles. The van der Waals surface area contributed by atoms with Gasteiger partial charge in [0.15, 0.2) is 11.3 Å². The summed E-state index contributed by atoms with van der Waals surface area (Å²) in [5.74, 6) is -0.463. The fourth-order valence-corrected chi connectivity index (χ4v) is 1.87. The van der Waals surface area contributed by atoms with E-state index in [9.17, 15) is 9.59 Å². The molecule has 2 rings (SSSR count). The molecule has 0 aromatic carbocycles. The topological polar surface area (TPSA) is 79.6 Å². The van der Waals surface area contributed by atoms with Crippen LogP contribution in [0, 0.1) is 0 Å². The lowest BCUT2D eigenvalue weighted by Gasteiger charge is -2.19. The summed E-state index contributed by atoms with van der Waals surface area (Å²) in [4.78, 5) is 29.5. The van der Waals surface area contributed by atoms with E-state index < -0.39 is 0 Å². The molecule has 7 nitrogen and oxygen atoms in total. The highest BCUT2D eigenvalue weighted by molar-refractivity contribution is 5.95. The van der Waals surface area contributed by atoms with E-state index in [0.717, 1.165) is 6.42 Å². The molecule has 0 bridgehead atoms. The molecule has 0 saturated heterocycles. The van der Waals surface area contributed by atoms with E-state index in [0.29, 0.717) is 17.9 Å². The number of amides is 2. The first kappa shape index (κ1) is 14.0. The summed E-state index contributed by atoms with van der Waals surface area (Å²) in [5, 5.41) is 6.70. The number of carbonyl (C=O) groups is 2. The fraction of sp³-hybridized carbons (Fsp3) is 0.385. The van der Waals surface area contributed by atoms with Crippen molar-refractivity contribution in [3.63, 3.8) is 0 Å². The molecule has 106 valence electrons. The van der Waals surface area contributed by atoms with Crippen molar-refractivity contribution >= 4 is 17.5 Å². The van der Waals surface area contributed by atoms with Crippen LogP contribution in [0.2, 0.25) is 0 Å². The van der Waals surface area contributed by atoms with Crippen LogP contribution in [0.3, 0.4) is 0 Å². The van der Waals surface area contributed by atoms with Crippen LogP contribution in [0.15, 0.2) is 24.5 Å². The first-order chi connectivity index (χ1) is 9.65. The van der Waals surface area contributed by atoms with Gasteiger partial charge in [-0.2, -0.15) is 5.10 Å². The monoisotopic (exact) mass is 275 g/mol. The summed E-state index contributed by atoms with van der Waals surface area (Å²) in [6.45, 7) is 2.49. The van der Waals surface area contributed by atoms with E-state index in [1.165, 1.54) is 9.42 Å². The minimum absolute atomic E-state index is 0.0322. The molecular formula is C13H17N5O2. The molecule has 0 unspecified atom stereocenters. The zero-order valence-corrected chi connectivity index (χ0v) is 11.5. The summed E-state index contributed by atoms with van der Waals surface area (Å²) in [5.41, 5.74) is 0.897. The predicted molar refractivity (Wildman–Crippen MR) is 73.2 cm³/mol. The molecule has 0 aliphatic rings. The van der Waals surface area contributed by atoms with Gasteiger partial charge in [-0.25, -0.2) is 9.50 Å². The highest BCUT2D eigenvalue weighted by atomic mass is 16.2. The van der Waals surface area contributed by atoms with Crippen LogP contribution in [0.4, 0.5) is 0 Å². The van der Waals surface area contributed by atoms with Crippen molar-refractivity contribution < 1.29 is 9.59 Å². The molecule has 2 amide bonds. The first-order valence-electron chi connectivity index (χ1n) is 6.46. The van der Waals surface area contributed by atoms with Gasteiger partial charge in [-0.05, 0) is 12.5 Å². The molecule has 0 spiro atoms. The summed E-state index contributed by atoms with van der Waals surface area (Å²) in [6.07, 6.45) is 4.13. The molecule has 7 heteroatoms. The normalized spacial score (nSPS) is 10.5. The van der Waals surface area contributed by atoms with E-state index in [1.54, 1.807) is 31.6 Å². The molecule has 20 heavy (non-hydrogen) atoms. The second-order valence-electron chi connectivity index (χ2n) is 4.35. The Bertz CT molecular complexity index is 589. The SMILES string of the molecule is CCCN(CC(=O)NC)C(=O)c1cc2ncccn2n1. The number of carbonyl (C=O) groups excluding carboxylic acids is 2. The van der Waals surface area contributed by atoms with Crippen LogP contribution in [0.25, 0.3) is 5.65 Å². The van der Waals surface area contributed by atoms with Crippen LogP contribution < -0.4 is 5.32 Å². The van der Waals surface area contributed by atoms with Gasteiger partial charge in [0, 0.05) is 32.1 Å². The minimum atomic E-state index is -0.263. The Morgan fingerprint density at radius 1 is 1.45 bits per heavy atom. The quantitative estimate of drug-likeness (QED) is 0.852. The lowest BCUT2D eigenvalue weighted by atomic mass is 10.3. The van der Waals surface area contributed by atoms with Crippen LogP contribution in [-0.2, 0) is 4.79 Å². The number of nitrogens with zero attached hydrogens (tertiary/aromatic N) is 4. The van der Waals surface area contributed by atoms with Gasteiger partial charge in [-0.1, -0.05) is 6.92 Å². The number of hydrogen-bond acceptors (Lipinski definition) is 4. The van der Waals surface area contributed by atoms with E-state index in [-0.39, 0.29) is 18.4 Å². The van der Waals surface area contributed by atoms with Crippen LogP contribution in [0.5, 0.6) is 0 Å². The maximum atomic E-state index is 12.4. The van der Waals surface area contributed by atoms with Gasteiger partial charge in [-0.15, -0.1) is 0 Å². The zero-order valence-electron chi connectivity index (χ0n) is 11.5. The molecule has 2 aromatic rings. The van der Waals surface area contributed by atoms with Crippen molar-refractivity contribution in [2.75, 3.05) is 20.1 Å². The number of aromatic nitrogens is 3. The number of likely N-dealkylation sites (N-methyl/N-ethyl adjacent to an activating group) is 1. The largest absolute Gasteiger partial charge is 0.358 e. The van der Waals surface area contributed by atoms with E-state index in [1.807, 2.05) is 6.92 Å². The van der Waals surface area contributed by atoms with Gasteiger partial charge in [0.2, 0.25) is 5.91 Å². The van der Waals surface area contributed by atoms with Crippen LogP contribution >= 0.6 is 0 Å². The third-order valence-electron chi connectivity index (χ3n) is 2.85. The second-order valence-corrected chi connectivity index (χ2v) is 4.35. The Balaban J connectivity index is 2.23. The van der Waals surface area contributed by atoms with Crippen molar-refractivity contribution in [3.8, 4) is 0 Å². The molecule has 0 saturated carbocycles. The van der Waals surface area contributed by atoms with Crippen molar-refractivity contribution in [3.05, 3.63) is 30.2 Å².